The Morgan fingerprint density at radius 1 is 1.29 bits per heavy atom. The normalized spacial score (nSPS) is 16.6. The van der Waals surface area contributed by atoms with Crippen LogP contribution in [-0.2, 0) is 16.1 Å². The van der Waals surface area contributed by atoms with Gasteiger partial charge in [0.05, 0.1) is 12.2 Å². The third-order valence-corrected chi connectivity index (χ3v) is 4.18. The van der Waals surface area contributed by atoms with Gasteiger partial charge < -0.3 is 10.6 Å². The number of thiazole rings is 1. The van der Waals surface area contributed by atoms with E-state index in [0.29, 0.717) is 16.5 Å². The maximum atomic E-state index is 11.8. The Kier molecular flexibility index (Phi) is 4.75. The Hall–Kier alpha value is -2.88. The molecule has 1 atom stereocenters. The first-order valence-electron chi connectivity index (χ1n) is 7.21. The Morgan fingerprint density at radius 2 is 2.08 bits per heavy atom. The van der Waals surface area contributed by atoms with E-state index in [4.69, 9.17) is 0 Å². The first-order chi connectivity index (χ1) is 11.6. The van der Waals surface area contributed by atoms with Gasteiger partial charge in [-0.1, -0.05) is 0 Å². The van der Waals surface area contributed by atoms with Gasteiger partial charge in [-0.2, -0.15) is 0 Å². The molecule has 3 N–H and O–H groups in total. The van der Waals surface area contributed by atoms with Crippen LogP contribution < -0.4 is 16.0 Å². The molecule has 0 unspecified atom stereocenters. The van der Waals surface area contributed by atoms with Crippen LogP contribution in [0, 0.1) is 0 Å². The number of nitrogens with one attached hydrogen (secondary N) is 3. The van der Waals surface area contributed by atoms with Gasteiger partial charge >= 0.3 is 6.03 Å². The molecule has 1 aliphatic rings. The average Bonchev–Trinajstić information content (AvgIpc) is 3.18. The lowest BCUT2D eigenvalue weighted by Gasteiger charge is -2.07. The number of nitrogens with zero attached hydrogens (tertiary/aromatic N) is 3. The molecule has 0 saturated carbocycles. The van der Waals surface area contributed by atoms with E-state index in [2.05, 4.69) is 30.9 Å². The lowest BCUT2D eigenvalue weighted by atomic mass is 10.1. The highest BCUT2D eigenvalue weighted by Crippen LogP contribution is 2.19. The van der Waals surface area contributed by atoms with E-state index in [1.165, 1.54) is 11.3 Å². The monoisotopic (exact) mass is 346 g/mol. The summed E-state index contributed by atoms with van der Waals surface area (Å²) in [5, 5.41) is 9.82. The molecule has 9 nitrogen and oxygen atoms in total. The molecule has 1 aliphatic heterocycles. The second-order valence-corrected chi connectivity index (χ2v) is 5.91. The Bertz CT molecular complexity index is 763. The second-order valence-electron chi connectivity index (χ2n) is 5.05. The van der Waals surface area contributed by atoms with Gasteiger partial charge in [0.15, 0.2) is 10.8 Å². The number of amides is 4. The second kappa shape index (κ2) is 7.13. The zero-order valence-corrected chi connectivity index (χ0v) is 13.3. The van der Waals surface area contributed by atoms with E-state index in [-0.39, 0.29) is 25.3 Å². The topological polar surface area (TPSA) is 126 Å². The predicted molar refractivity (Wildman–Crippen MR) is 84.7 cm³/mol. The lowest BCUT2D eigenvalue weighted by molar-refractivity contribution is -0.122. The summed E-state index contributed by atoms with van der Waals surface area (Å²) in [6.45, 7) is 0.283. The Morgan fingerprint density at radius 3 is 2.79 bits per heavy atom. The smallest absolute Gasteiger partial charge is 0.322 e. The van der Waals surface area contributed by atoms with Gasteiger partial charge in [0.25, 0.3) is 5.91 Å². The minimum atomic E-state index is -0.649. The van der Waals surface area contributed by atoms with Crippen LogP contribution in [0.3, 0.4) is 0 Å². The first kappa shape index (κ1) is 16.0. The molecule has 0 spiro atoms. The summed E-state index contributed by atoms with van der Waals surface area (Å²) in [6.07, 6.45) is 3.67. The van der Waals surface area contributed by atoms with Crippen molar-refractivity contribution in [3.63, 3.8) is 0 Å². The van der Waals surface area contributed by atoms with Gasteiger partial charge in [0, 0.05) is 24.2 Å². The van der Waals surface area contributed by atoms with E-state index in [9.17, 15) is 14.4 Å². The summed E-state index contributed by atoms with van der Waals surface area (Å²) in [6, 6.07) is 0.554. The van der Waals surface area contributed by atoms with Crippen molar-refractivity contribution in [1.82, 2.24) is 30.9 Å². The minimum Gasteiger partial charge on any atom is -0.350 e. The molecule has 10 heteroatoms. The number of carbonyl (C=O) groups excluding carboxylic acids is 3. The quantitative estimate of drug-likeness (QED) is 0.642. The van der Waals surface area contributed by atoms with Gasteiger partial charge in [-0.25, -0.2) is 19.7 Å². The van der Waals surface area contributed by atoms with Crippen molar-refractivity contribution in [2.45, 2.75) is 25.4 Å². The van der Waals surface area contributed by atoms with Crippen molar-refractivity contribution in [3.05, 3.63) is 29.5 Å². The molecule has 0 radical (unpaired) electrons. The van der Waals surface area contributed by atoms with Gasteiger partial charge in [0.2, 0.25) is 5.91 Å². The molecule has 1 saturated heterocycles. The van der Waals surface area contributed by atoms with E-state index in [1.54, 1.807) is 18.5 Å². The molecule has 0 aromatic carbocycles. The maximum Gasteiger partial charge on any atom is 0.322 e. The number of urea groups is 1. The average molecular weight is 346 g/mol. The van der Waals surface area contributed by atoms with Crippen molar-refractivity contribution >= 4 is 29.2 Å². The number of hydrogen-bond acceptors (Lipinski definition) is 7. The van der Waals surface area contributed by atoms with Gasteiger partial charge in [-0.3, -0.25) is 14.9 Å². The van der Waals surface area contributed by atoms with E-state index < -0.39 is 18.0 Å². The highest BCUT2D eigenvalue weighted by atomic mass is 32.1. The van der Waals surface area contributed by atoms with E-state index in [0.717, 1.165) is 0 Å². The first-order valence-corrected chi connectivity index (χ1v) is 8.09. The summed E-state index contributed by atoms with van der Waals surface area (Å²) in [5.41, 5.74) is 0.711. The molecule has 124 valence electrons. The van der Waals surface area contributed by atoms with Crippen molar-refractivity contribution in [3.8, 4) is 10.8 Å². The molecular weight excluding hydrogens is 332 g/mol. The Balaban J connectivity index is 1.46. The number of rotatable bonds is 6. The Labute approximate surface area is 140 Å². The van der Waals surface area contributed by atoms with Crippen LogP contribution in [-0.4, -0.2) is 38.8 Å². The summed E-state index contributed by atoms with van der Waals surface area (Å²) in [5.74, 6) is -0.0719. The van der Waals surface area contributed by atoms with Crippen LogP contribution in [0.15, 0.2) is 23.8 Å². The van der Waals surface area contributed by atoms with E-state index in [1.807, 2.05) is 5.38 Å². The molecule has 3 rings (SSSR count). The number of hydrogen-bond donors (Lipinski definition) is 3. The molecule has 2 aromatic heterocycles. The van der Waals surface area contributed by atoms with Crippen LogP contribution >= 0.6 is 11.3 Å². The molecule has 4 amide bonds. The third-order valence-electron chi connectivity index (χ3n) is 3.29. The molecule has 1 fully saturated rings. The van der Waals surface area contributed by atoms with Gasteiger partial charge in [-0.15, -0.1) is 11.3 Å². The SMILES string of the molecule is O=C(CC[C@@H]1NC(=O)NC1=O)NCc1csc(-c2ncccn2)n1. The number of imide groups is 1. The van der Waals surface area contributed by atoms with Crippen LogP contribution in [0.5, 0.6) is 0 Å². The zero-order chi connectivity index (χ0) is 16.9. The molecule has 0 bridgehead atoms. The highest BCUT2D eigenvalue weighted by molar-refractivity contribution is 7.13. The van der Waals surface area contributed by atoms with Crippen molar-refractivity contribution < 1.29 is 14.4 Å². The fourth-order valence-corrected chi connectivity index (χ4v) is 2.88. The van der Waals surface area contributed by atoms with Crippen LogP contribution in [0.4, 0.5) is 4.79 Å². The number of carbonyl (C=O) groups is 3. The summed E-state index contributed by atoms with van der Waals surface area (Å²) < 4.78 is 0. The third kappa shape index (κ3) is 3.90. The summed E-state index contributed by atoms with van der Waals surface area (Å²) in [4.78, 5) is 46.8. The maximum absolute atomic E-state index is 11.8. The standard InChI is InChI=1S/C14H14N6O3S/c21-10(3-2-9-12(22)20-14(23)19-9)17-6-8-7-24-13(18-8)11-15-4-1-5-16-11/h1,4-5,7,9H,2-3,6H2,(H,17,21)(H2,19,20,22,23)/t9-/m0/s1. The van der Waals surface area contributed by atoms with Crippen LogP contribution in [0.1, 0.15) is 18.5 Å². The van der Waals surface area contributed by atoms with Crippen molar-refractivity contribution in [2.75, 3.05) is 0 Å². The minimum absolute atomic E-state index is 0.136. The molecule has 3 heterocycles. The van der Waals surface area contributed by atoms with Crippen LogP contribution in [0.2, 0.25) is 0 Å². The lowest BCUT2D eigenvalue weighted by Crippen LogP contribution is -2.31. The predicted octanol–water partition coefficient (Wildman–Crippen LogP) is 0.204. The fraction of sp³-hybridized carbons (Fsp3) is 0.286. The van der Waals surface area contributed by atoms with Crippen molar-refractivity contribution in [2.24, 2.45) is 0 Å². The van der Waals surface area contributed by atoms with Gasteiger partial charge in [0.1, 0.15) is 6.04 Å². The highest BCUT2D eigenvalue weighted by Gasteiger charge is 2.29. The summed E-state index contributed by atoms with van der Waals surface area (Å²) >= 11 is 1.40. The molecule has 24 heavy (non-hydrogen) atoms. The van der Waals surface area contributed by atoms with E-state index >= 15 is 0 Å². The molecule has 2 aromatic rings. The number of aromatic nitrogens is 3. The largest absolute Gasteiger partial charge is 0.350 e. The van der Waals surface area contributed by atoms with Crippen molar-refractivity contribution in [1.29, 1.82) is 0 Å². The van der Waals surface area contributed by atoms with Crippen LogP contribution in [0.25, 0.3) is 10.8 Å². The molecule has 0 aliphatic carbocycles. The zero-order valence-electron chi connectivity index (χ0n) is 12.5. The van der Waals surface area contributed by atoms with Gasteiger partial charge in [-0.05, 0) is 12.5 Å². The molecular formula is C14H14N6O3S. The summed E-state index contributed by atoms with van der Waals surface area (Å²) in [7, 11) is 0. The fourth-order valence-electron chi connectivity index (χ4n) is 2.12.